The van der Waals surface area contributed by atoms with E-state index in [0.717, 1.165) is 19.3 Å². The Labute approximate surface area is 92.1 Å². The lowest BCUT2D eigenvalue weighted by Gasteiger charge is -2.28. The fourth-order valence-corrected chi connectivity index (χ4v) is 4.18. The number of hydrogen-bond donors (Lipinski definition) is 1. The molecule has 0 radical (unpaired) electrons. The first-order valence-corrected chi connectivity index (χ1v) is 7.17. The summed E-state index contributed by atoms with van der Waals surface area (Å²) in [5.74, 6) is 0.0914. The van der Waals surface area contributed by atoms with E-state index in [1.807, 2.05) is 0 Å². The Balaban J connectivity index is 2.62. The van der Waals surface area contributed by atoms with Crippen LogP contribution in [-0.4, -0.2) is 38.7 Å². The number of rotatable bonds is 4. The zero-order valence-corrected chi connectivity index (χ0v) is 10.3. The molecule has 2 N–H and O–H groups in total. The highest BCUT2D eigenvalue weighted by atomic mass is 32.2. The third-order valence-electron chi connectivity index (χ3n) is 2.91. The predicted molar refractivity (Wildman–Crippen MR) is 60.5 cm³/mol. The summed E-state index contributed by atoms with van der Waals surface area (Å²) in [6.45, 7) is 1.73. The zero-order valence-electron chi connectivity index (χ0n) is 9.48. The highest BCUT2D eigenvalue weighted by molar-refractivity contribution is 7.92. The second-order valence-electron chi connectivity index (χ2n) is 4.45. The van der Waals surface area contributed by atoms with Crippen LogP contribution in [0.2, 0.25) is 0 Å². The van der Waals surface area contributed by atoms with Gasteiger partial charge in [-0.25, -0.2) is 8.42 Å². The van der Waals surface area contributed by atoms with E-state index in [-0.39, 0.29) is 23.1 Å². The molecule has 1 fully saturated rings. The molecule has 0 aromatic carbocycles. The van der Waals surface area contributed by atoms with Crippen molar-refractivity contribution >= 4 is 9.84 Å². The molecule has 90 valence electrons. The van der Waals surface area contributed by atoms with Gasteiger partial charge in [0.25, 0.3) is 0 Å². The second-order valence-corrected chi connectivity index (χ2v) is 6.78. The van der Waals surface area contributed by atoms with E-state index < -0.39 is 9.84 Å². The van der Waals surface area contributed by atoms with Gasteiger partial charge in [0.2, 0.25) is 0 Å². The monoisotopic (exact) mass is 235 g/mol. The number of nitrogens with two attached hydrogens (primary N) is 1. The lowest BCUT2D eigenvalue weighted by Crippen LogP contribution is -2.37. The van der Waals surface area contributed by atoms with Gasteiger partial charge in [0.1, 0.15) is 0 Å². The smallest absolute Gasteiger partial charge is 0.154 e. The summed E-state index contributed by atoms with van der Waals surface area (Å²) in [6.07, 6.45) is 3.40. The Kier molecular flexibility index (Phi) is 4.55. The number of hydrogen-bond acceptors (Lipinski definition) is 4. The number of ether oxygens (including phenoxy) is 1. The highest BCUT2D eigenvalue weighted by Gasteiger charge is 2.32. The zero-order chi connectivity index (χ0) is 11.5. The van der Waals surface area contributed by atoms with E-state index in [1.54, 1.807) is 14.0 Å². The van der Waals surface area contributed by atoms with Crippen LogP contribution < -0.4 is 5.73 Å². The molecule has 0 amide bonds. The molecule has 0 saturated heterocycles. The second kappa shape index (κ2) is 5.27. The van der Waals surface area contributed by atoms with Crippen molar-refractivity contribution in [3.63, 3.8) is 0 Å². The number of methoxy groups -OCH3 is 1. The van der Waals surface area contributed by atoms with Gasteiger partial charge in [-0.3, -0.25) is 0 Å². The molecule has 3 unspecified atom stereocenters. The summed E-state index contributed by atoms with van der Waals surface area (Å²) in [7, 11) is -1.39. The van der Waals surface area contributed by atoms with Gasteiger partial charge in [0.15, 0.2) is 9.84 Å². The first-order chi connectivity index (χ1) is 6.95. The molecule has 0 bridgehead atoms. The summed E-state index contributed by atoms with van der Waals surface area (Å²) in [5, 5.41) is -0.248. The molecule has 0 spiro atoms. The predicted octanol–water partition coefficient (Wildman–Crippen LogP) is 0.706. The molecule has 1 aliphatic carbocycles. The fourth-order valence-electron chi connectivity index (χ4n) is 2.14. The third-order valence-corrected chi connectivity index (χ3v) is 5.35. The van der Waals surface area contributed by atoms with Crippen LogP contribution in [0, 0.1) is 0 Å². The van der Waals surface area contributed by atoms with Gasteiger partial charge in [0, 0.05) is 13.2 Å². The molecule has 1 rings (SSSR count). The molecular formula is C10H21NO3S. The molecule has 0 aromatic heterocycles. The normalized spacial score (nSPS) is 30.1. The van der Waals surface area contributed by atoms with Crippen LogP contribution in [0.25, 0.3) is 0 Å². The molecule has 15 heavy (non-hydrogen) atoms. The molecule has 0 aromatic rings. The summed E-state index contributed by atoms with van der Waals surface area (Å²) in [6, 6.07) is -0.280. The lowest BCUT2D eigenvalue weighted by molar-refractivity contribution is 0.0720. The first-order valence-electron chi connectivity index (χ1n) is 5.45. The third kappa shape index (κ3) is 3.74. The van der Waals surface area contributed by atoms with E-state index >= 15 is 0 Å². The van der Waals surface area contributed by atoms with Crippen LogP contribution in [-0.2, 0) is 14.6 Å². The maximum Gasteiger partial charge on any atom is 0.154 e. The molecule has 1 aliphatic rings. The minimum absolute atomic E-state index is 0.0914. The van der Waals surface area contributed by atoms with E-state index in [2.05, 4.69) is 0 Å². The van der Waals surface area contributed by atoms with Gasteiger partial charge in [-0.1, -0.05) is 0 Å². The van der Waals surface area contributed by atoms with Crippen molar-refractivity contribution in [1.29, 1.82) is 0 Å². The molecule has 5 heteroatoms. The largest absolute Gasteiger partial charge is 0.381 e. The van der Waals surface area contributed by atoms with Crippen molar-refractivity contribution in [2.45, 2.75) is 50.0 Å². The van der Waals surface area contributed by atoms with Crippen molar-refractivity contribution in [3.8, 4) is 0 Å². The quantitative estimate of drug-likeness (QED) is 0.779. The van der Waals surface area contributed by atoms with E-state index in [4.69, 9.17) is 10.5 Å². The van der Waals surface area contributed by atoms with Crippen LogP contribution in [0.3, 0.4) is 0 Å². The maximum atomic E-state index is 11.9. The summed E-state index contributed by atoms with van der Waals surface area (Å²) in [4.78, 5) is 0. The van der Waals surface area contributed by atoms with Crippen molar-refractivity contribution in [3.05, 3.63) is 0 Å². The SMILES string of the molecule is COC1CCCC(S(=O)(=O)CC(C)N)C1. The van der Waals surface area contributed by atoms with E-state index in [0.29, 0.717) is 6.42 Å². The van der Waals surface area contributed by atoms with Gasteiger partial charge < -0.3 is 10.5 Å². The standard InChI is InChI=1S/C10H21NO3S/c1-8(11)7-15(12,13)10-5-3-4-9(6-10)14-2/h8-10H,3-7,11H2,1-2H3. The van der Waals surface area contributed by atoms with E-state index in [9.17, 15) is 8.42 Å². The topological polar surface area (TPSA) is 69.4 Å². The van der Waals surface area contributed by atoms with Crippen LogP contribution in [0.4, 0.5) is 0 Å². The van der Waals surface area contributed by atoms with Gasteiger partial charge in [-0.05, 0) is 32.6 Å². The maximum absolute atomic E-state index is 11.9. The van der Waals surface area contributed by atoms with Crippen molar-refractivity contribution in [1.82, 2.24) is 0 Å². The Morgan fingerprint density at radius 1 is 1.47 bits per heavy atom. The molecule has 1 saturated carbocycles. The first kappa shape index (κ1) is 12.9. The highest BCUT2D eigenvalue weighted by Crippen LogP contribution is 2.26. The van der Waals surface area contributed by atoms with Gasteiger partial charge >= 0.3 is 0 Å². The van der Waals surface area contributed by atoms with Crippen LogP contribution >= 0.6 is 0 Å². The summed E-state index contributed by atoms with van der Waals surface area (Å²) < 4.78 is 29.1. The summed E-state index contributed by atoms with van der Waals surface area (Å²) >= 11 is 0. The lowest BCUT2D eigenvalue weighted by atomic mass is 9.97. The Morgan fingerprint density at radius 3 is 2.67 bits per heavy atom. The Bertz CT molecular complexity index is 287. The van der Waals surface area contributed by atoms with E-state index in [1.165, 1.54) is 0 Å². The Morgan fingerprint density at radius 2 is 2.13 bits per heavy atom. The summed E-state index contributed by atoms with van der Waals surface area (Å²) in [5.41, 5.74) is 5.54. The number of sulfone groups is 1. The minimum Gasteiger partial charge on any atom is -0.381 e. The van der Waals surface area contributed by atoms with Gasteiger partial charge in [-0.15, -0.1) is 0 Å². The van der Waals surface area contributed by atoms with Crippen LogP contribution in [0.5, 0.6) is 0 Å². The van der Waals surface area contributed by atoms with Crippen LogP contribution in [0.15, 0.2) is 0 Å². The van der Waals surface area contributed by atoms with Gasteiger partial charge in [0.05, 0.1) is 17.1 Å². The van der Waals surface area contributed by atoms with Crippen molar-refractivity contribution < 1.29 is 13.2 Å². The molecule has 0 heterocycles. The minimum atomic E-state index is -3.03. The van der Waals surface area contributed by atoms with Crippen molar-refractivity contribution in [2.75, 3.05) is 12.9 Å². The fraction of sp³-hybridized carbons (Fsp3) is 1.00. The van der Waals surface area contributed by atoms with Crippen LogP contribution in [0.1, 0.15) is 32.6 Å². The van der Waals surface area contributed by atoms with Gasteiger partial charge in [-0.2, -0.15) is 0 Å². The average molecular weight is 235 g/mol. The molecule has 4 nitrogen and oxygen atoms in total. The molecule has 3 atom stereocenters. The Hall–Kier alpha value is -0.130. The molecular weight excluding hydrogens is 214 g/mol. The van der Waals surface area contributed by atoms with Crippen molar-refractivity contribution in [2.24, 2.45) is 5.73 Å². The average Bonchev–Trinajstić information content (AvgIpc) is 2.16. The molecule has 0 aliphatic heterocycles.